The first-order valence-corrected chi connectivity index (χ1v) is 12.6. The summed E-state index contributed by atoms with van der Waals surface area (Å²) in [6, 6.07) is 32.5. The van der Waals surface area contributed by atoms with Crippen molar-refractivity contribution in [2.45, 2.75) is 13.2 Å². The first-order valence-electron chi connectivity index (χ1n) is 12.6. The molecule has 0 heterocycles. The zero-order chi connectivity index (χ0) is 25.7. The second-order valence-corrected chi connectivity index (χ2v) is 8.53. The molecule has 186 valence electrons. The van der Waals surface area contributed by atoms with Gasteiger partial charge in [-0.1, -0.05) is 95.9 Å². The molecule has 4 rings (SSSR count). The molecule has 0 saturated carbocycles. The summed E-state index contributed by atoms with van der Waals surface area (Å²) < 4.78 is 17.9. The summed E-state index contributed by atoms with van der Waals surface area (Å²) in [4.78, 5) is 0. The molecule has 0 aromatic heterocycles. The van der Waals surface area contributed by atoms with E-state index in [4.69, 9.17) is 25.7 Å². The molecule has 0 bridgehead atoms. The SMILES string of the molecule is NCCOc1ccccc1[B]c1ccccc1COCc1ccccc1[B]c1ccccc1OCCN. The molecule has 37 heavy (non-hydrogen) atoms. The largest absolute Gasteiger partial charge is 0.493 e. The molecule has 0 saturated heterocycles. The molecule has 2 radical (unpaired) electrons. The molecular weight excluding hydrogens is 458 g/mol. The molecule has 4 aromatic carbocycles. The molecule has 0 unspecified atom stereocenters. The van der Waals surface area contributed by atoms with Crippen molar-refractivity contribution in [2.24, 2.45) is 11.5 Å². The van der Waals surface area contributed by atoms with Crippen LogP contribution in [0.3, 0.4) is 0 Å². The number of benzene rings is 4. The van der Waals surface area contributed by atoms with Gasteiger partial charge in [-0.3, -0.25) is 0 Å². The van der Waals surface area contributed by atoms with Gasteiger partial charge in [-0.15, -0.1) is 0 Å². The Morgan fingerprint density at radius 1 is 0.486 bits per heavy atom. The second-order valence-electron chi connectivity index (χ2n) is 8.53. The van der Waals surface area contributed by atoms with E-state index in [1.54, 1.807) is 0 Å². The summed E-state index contributed by atoms with van der Waals surface area (Å²) >= 11 is 0. The van der Waals surface area contributed by atoms with Gasteiger partial charge in [0, 0.05) is 13.1 Å². The average Bonchev–Trinajstić information content (AvgIpc) is 2.94. The summed E-state index contributed by atoms with van der Waals surface area (Å²) in [5.41, 5.74) is 17.7. The van der Waals surface area contributed by atoms with E-state index >= 15 is 0 Å². The lowest BCUT2D eigenvalue weighted by molar-refractivity contribution is 0.108. The maximum atomic E-state index is 6.22. The van der Waals surface area contributed by atoms with Crippen molar-refractivity contribution < 1.29 is 14.2 Å². The van der Waals surface area contributed by atoms with Gasteiger partial charge in [0.15, 0.2) is 14.6 Å². The second kappa shape index (κ2) is 14.3. The van der Waals surface area contributed by atoms with Crippen molar-refractivity contribution in [1.29, 1.82) is 0 Å². The van der Waals surface area contributed by atoms with Gasteiger partial charge in [0.1, 0.15) is 24.7 Å². The zero-order valence-electron chi connectivity index (χ0n) is 21.0. The third-order valence-corrected chi connectivity index (χ3v) is 5.84. The molecule has 4 N–H and O–H groups in total. The molecule has 7 heteroatoms. The fourth-order valence-corrected chi connectivity index (χ4v) is 4.02. The lowest BCUT2D eigenvalue weighted by Gasteiger charge is -2.15. The zero-order valence-corrected chi connectivity index (χ0v) is 21.0. The van der Waals surface area contributed by atoms with Crippen molar-refractivity contribution in [3.8, 4) is 11.5 Å². The van der Waals surface area contributed by atoms with Crippen LogP contribution in [0.25, 0.3) is 0 Å². The van der Waals surface area contributed by atoms with Gasteiger partial charge >= 0.3 is 0 Å². The van der Waals surface area contributed by atoms with Gasteiger partial charge in [0.25, 0.3) is 0 Å². The normalized spacial score (nSPS) is 10.6. The van der Waals surface area contributed by atoms with Crippen molar-refractivity contribution >= 4 is 36.4 Å². The number of hydrogen-bond acceptors (Lipinski definition) is 5. The maximum Gasteiger partial charge on any atom is 0.196 e. The molecular formula is C30H32B2N2O3. The van der Waals surface area contributed by atoms with Crippen molar-refractivity contribution in [1.82, 2.24) is 0 Å². The molecule has 0 spiro atoms. The van der Waals surface area contributed by atoms with Gasteiger partial charge in [-0.2, -0.15) is 0 Å². The molecule has 0 fully saturated rings. The first-order chi connectivity index (χ1) is 18.3. The van der Waals surface area contributed by atoms with Crippen LogP contribution in [0.1, 0.15) is 11.1 Å². The summed E-state index contributed by atoms with van der Waals surface area (Å²) in [7, 11) is 4.26. The highest BCUT2D eigenvalue weighted by Gasteiger charge is 2.12. The quantitative estimate of drug-likeness (QED) is 0.262. The summed E-state index contributed by atoms with van der Waals surface area (Å²) in [5, 5.41) is 0. The summed E-state index contributed by atoms with van der Waals surface area (Å²) in [5.74, 6) is 1.65. The van der Waals surface area contributed by atoms with E-state index in [1.807, 2.05) is 72.8 Å². The van der Waals surface area contributed by atoms with Crippen LogP contribution in [0.4, 0.5) is 0 Å². The van der Waals surface area contributed by atoms with Gasteiger partial charge in [-0.05, 0) is 34.2 Å². The Bertz CT molecular complexity index is 1170. The lowest BCUT2D eigenvalue weighted by Crippen LogP contribution is -2.32. The van der Waals surface area contributed by atoms with Crippen molar-refractivity contribution in [3.05, 3.63) is 108 Å². The number of rotatable bonds is 14. The van der Waals surface area contributed by atoms with Gasteiger partial charge in [0.2, 0.25) is 0 Å². The average molecular weight is 490 g/mol. The minimum atomic E-state index is 0.476. The minimum absolute atomic E-state index is 0.476. The molecule has 0 atom stereocenters. The lowest BCUT2D eigenvalue weighted by atomic mass is 9.62. The number of hydrogen-bond donors (Lipinski definition) is 2. The van der Waals surface area contributed by atoms with Gasteiger partial charge < -0.3 is 25.7 Å². The van der Waals surface area contributed by atoms with Crippen LogP contribution in [0.2, 0.25) is 0 Å². The van der Waals surface area contributed by atoms with E-state index < -0.39 is 0 Å². The first kappa shape index (κ1) is 26.6. The van der Waals surface area contributed by atoms with Crippen LogP contribution in [-0.4, -0.2) is 40.9 Å². The highest BCUT2D eigenvalue weighted by Crippen LogP contribution is 2.09. The van der Waals surface area contributed by atoms with Crippen LogP contribution >= 0.6 is 0 Å². The summed E-state index contributed by atoms with van der Waals surface area (Å²) in [6.07, 6.45) is 0. The van der Waals surface area contributed by atoms with Crippen LogP contribution in [0.15, 0.2) is 97.1 Å². The smallest absolute Gasteiger partial charge is 0.196 e. The molecule has 0 amide bonds. The monoisotopic (exact) mass is 490 g/mol. The van der Waals surface area contributed by atoms with E-state index in [-0.39, 0.29) is 0 Å². The Balaban J connectivity index is 1.43. The maximum absolute atomic E-state index is 6.22. The van der Waals surface area contributed by atoms with E-state index in [1.165, 1.54) is 0 Å². The minimum Gasteiger partial charge on any atom is -0.493 e. The highest BCUT2D eigenvalue weighted by molar-refractivity contribution is 6.69. The van der Waals surface area contributed by atoms with Crippen LogP contribution < -0.4 is 42.8 Å². The van der Waals surface area contributed by atoms with Crippen LogP contribution in [0, 0.1) is 0 Å². The topological polar surface area (TPSA) is 79.7 Å². The number of ether oxygens (including phenoxy) is 3. The van der Waals surface area contributed by atoms with Crippen molar-refractivity contribution in [2.75, 3.05) is 26.3 Å². The molecule has 0 aliphatic rings. The third-order valence-electron chi connectivity index (χ3n) is 5.84. The van der Waals surface area contributed by atoms with E-state index in [2.05, 4.69) is 38.8 Å². The van der Waals surface area contributed by atoms with Gasteiger partial charge in [0.05, 0.1) is 13.2 Å². The predicted octanol–water partition coefficient (Wildman–Crippen LogP) is 1.39. The standard InChI is InChI=1S/C30H32B2N2O3/c33-17-19-36-29-15-7-5-13-27(29)31-25-11-3-1-9-23(25)21-35-22-24-10-2-4-12-26(24)32-28-14-6-8-16-30(28)37-20-18-34/h1-16H,17-22,33-34H2. The van der Waals surface area contributed by atoms with E-state index in [0.717, 1.165) is 44.5 Å². The Kier molecular flexibility index (Phi) is 10.3. The molecule has 0 aliphatic heterocycles. The Morgan fingerprint density at radius 2 is 0.865 bits per heavy atom. The van der Waals surface area contributed by atoms with E-state index in [9.17, 15) is 0 Å². The van der Waals surface area contributed by atoms with Crippen LogP contribution in [0.5, 0.6) is 11.5 Å². The predicted molar refractivity (Wildman–Crippen MR) is 153 cm³/mol. The number of para-hydroxylation sites is 2. The van der Waals surface area contributed by atoms with E-state index in [0.29, 0.717) is 39.5 Å². The van der Waals surface area contributed by atoms with Gasteiger partial charge in [-0.25, -0.2) is 0 Å². The fraction of sp³-hybridized carbons (Fsp3) is 0.200. The summed E-state index contributed by atoms with van der Waals surface area (Å²) in [6.45, 7) is 2.89. The Hall–Kier alpha value is -3.51. The Labute approximate surface area is 221 Å². The van der Waals surface area contributed by atoms with Crippen molar-refractivity contribution in [3.63, 3.8) is 0 Å². The Morgan fingerprint density at radius 3 is 1.30 bits per heavy atom. The van der Waals surface area contributed by atoms with Crippen LogP contribution in [-0.2, 0) is 18.0 Å². The fourth-order valence-electron chi connectivity index (χ4n) is 4.02. The molecule has 5 nitrogen and oxygen atoms in total. The number of nitrogens with two attached hydrogens (primary N) is 2. The third kappa shape index (κ3) is 7.73. The highest BCUT2D eigenvalue weighted by atomic mass is 16.5. The molecule has 0 aliphatic carbocycles. The molecule has 4 aromatic rings.